The van der Waals surface area contributed by atoms with Crippen molar-refractivity contribution in [1.82, 2.24) is 5.32 Å². The molecule has 1 nitrogen and oxygen atoms in total. The van der Waals surface area contributed by atoms with Gasteiger partial charge in [-0.2, -0.15) is 0 Å². The zero-order valence-electron chi connectivity index (χ0n) is 9.25. The van der Waals surface area contributed by atoms with E-state index in [2.05, 4.69) is 62.7 Å². The highest BCUT2D eigenvalue weighted by molar-refractivity contribution is 5.34. The first-order chi connectivity index (χ1) is 6.68. The molecule has 0 amide bonds. The van der Waals surface area contributed by atoms with Crippen LogP contribution in [-0.2, 0) is 0 Å². The molecule has 1 N–H and O–H groups in total. The molecule has 0 spiro atoms. The molecule has 0 unspecified atom stereocenters. The van der Waals surface area contributed by atoms with Crippen LogP contribution in [0.15, 0.2) is 47.7 Å². The standard InChI is InChI=1S/C13H19N/c1-11(2)14-10-12(3)9-13-7-5-4-6-8-13/h4-7,9-11,14H,8H2,1-3H3/b12-10-,13-9?. The Bertz CT molecular complexity index is 290. The normalized spacial score (nSPS) is 19.4. The summed E-state index contributed by atoms with van der Waals surface area (Å²) >= 11 is 0. The Labute approximate surface area is 86.9 Å². The van der Waals surface area contributed by atoms with Crippen LogP contribution < -0.4 is 5.32 Å². The van der Waals surface area contributed by atoms with E-state index in [0.29, 0.717) is 6.04 Å². The van der Waals surface area contributed by atoms with Gasteiger partial charge in [0.25, 0.3) is 0 Å². The Morgan fingerprint density at radius 1 is 1.43 bits per heavy atom. The van der Waals surface area contributed by atoms with Gasteiger partial charge in [-0.1, -0.05) is 30.4 Å². The monoisotopic (exact) mass is 189 g/mol. The van der Waals surface area contributed by atoms with Crippen LogP contribution in [0.25, 0.3) is 0 Å². The SMILES string of the molecule is C/C(C=C1C=CC=CC1)=C/NC(C)C. The summed E-state index contributed by atoms with van der Waals surface area (Å²) in [5.41, 5.74) is 2.64. The highest BCUT2D eigenvalue weighted by Crippen LogP contribution is 2.12. The van der Waals surface area contributed by atoms with Crippen LogP contribution in [0.2, 0.25) is 0 Å². The van der Waals surface area contributed by atoms with Crippen molar-refractivity contribution < 1.29 is 0 Å². The van der Waals surface area contributed by atoms with Gasteiger partial charge in [0.05, 0.1) is 0 Å². The third-order valence-electron chi connectivity index (χ3n) is 1.97. The predicted molar refractivity (Wildman–Crippen MR) is 63.0 cm³/mol. The molecule has 0 aromatic heterocycles. The second-order valence-electron chi connectivity index (χ2n) is 3.92. The maximum Gasteiger partial charge on any atom is 0.0199 e. The summed E-state index contributed by atoms with van der Waals surface area (Å²) in [6.45, 7) is 6.40. The lowest BCUT2D eigenvalue weighted by Gasteiger charge is -2.06. The molecule has 0 bridgehead atoms. The van der Waals surface area contributed by atoms with Crippen LogP contribution in [0, 0.1) is 0 Å². The molecule has 0 aromatic carbocycles. The molecule has 0 saturated carbocycles. The van der Waals surface area contributed by atoms with Crippen molar-refractivity contribution in [1.29, 1.82) is 0 Å². The minimum atomic E-state index is 0.505. The van der Waals surface area contributed by atoms with Crippen LogP contribution in [-0.4, -0.2) is 6.04 Å². The molecule has 0 atom stereocenters. The number of nitrogens with one attached hydrogen (secondary N) is 1. The Balaban J connectivity index is 2.54. The molecule has 1 heteroatoms. The predicted octanol–water partition coefficient (Wildman–Crippen LogP) is 3.33. The first kappa shape index (κ1) is 10.8. The zero-order valence-corrected chi connectivity index (χ0v) is 9.25. The summed E-state index contributed by atoms with van der Waals surface area (Å²) in [6, 6.07) is 0.505. The molecule has 0 saturated heterocycles. The summed E-state index contributed by atoms with van der Waals surface area (Å²) in [5.74, 6) is 0. The van der Waals surface area contributed by atoms with E-state index in [1.54, 1.807) is 0 Å². The molecule has 0 radical (unpaired) electrons. The van der Waals surface area contributed by atoms with E-state index in [9.17, 15) is 0 Å². The van der Waals surface area contributed by atoms with Crippen molar-refractivity contribution in [2.75, 3.05) is 0 Å². The molecule has 0 aromatic rings. The smallest absolute Gasteiger partial charge is 0.0199 e. The molecule has 0 aliphatic heterocycles. The van der Waals surface area contributed by atoms with Crippen LogP contribution in [0.5, 0.6) is 0 Å². The number of hydrogen-bond acceptors (Lipinski definition) is 1. The maximum absolute atomic E-state index is 3.29. The third-order valence-corrected chi connectivity index (χ3v) is 1.97. The van der Waals surface area contributed by atoms with Crippen LogP contribution in [0.1, 0.15) is 27.2 Å². The number of allylic oxidation sites excluding steroid dienone is 7. The van der Waals surface area contributed by atoms with Gasteiger partial charge >= 0.3 is 0 Å². The summed E-state index contributed by atoms with van der Waals surface area (Å²) in [4.78, 5) is 0. The molecule has 76 valence electrons. The average Bonchev–Trinajstić information content (AvgIpc) is 2.16. The molecular formula is C13H19N. The molecule has 14 heavy (non-hydrogen) atoms. The summed E-state index contributed by atoms with van der Waals surface area (Å²) in [6.07, 6.45) is 13.8. The van der Waals surface area contributed by atoms with Crippen molar-refractivity contribution in [3.8, 4) is 0 Å². The minimum Gasteiger partial charge on any atom is -0.389 e. The summed E-state index contributed by atoms with van der Waals surface area (Å²) < 4.78 is 0. The highest BCUT2D eigenvalue weighted by atomic mass is 14.9. The Hall–Kier alpha value is -1.24. The van der Waals surface area contributed by atoms with Gasteiger partial charge in [0.15, 0.2) is 0 Å². The molecule has 0 heterocycles. The molecule has 1 aliphatic carbocycles. The van der Waals surface area contributed by atoms with Gasteiger partial charge in [-0.15, -0.1) is 0 Å². The topological polar surface area (TPSA) is 12.0 Å². The van der Waals surface area contributed by atoms with Crippen molar-refractivity contribution in [2.45, 2.75) is 33.2 Å². The highest BCUT2D eigenvalue weighted by Gasteiger charge is 1.94. The zero-order chi connectivity index (χ0) is 10.4. The first-order valence-electron chi connectivity index (χ1n) is 5.15. The lowest BCUT2D eigenvalue weighted by atomic mass is 10.1. The molecule has 1 aliphatic rings. The van der Waals surface area contributed by atoms with Crippen LogP contribution in [0.4, 0.5) is 0 Å². The average molecular weight is 189 g/mol. The van der Waals surface area contributed by atoms with Crippen molar-refractivity contribution in [3.05, 3.63) is 47.7 Å². The number of hydrogen-bond donors (Lipinski definition) is 1. The van der Waals surface area contributed by atoms with Crippen molar-refractivity contribution >= 4 is 0 Å². The van der Waals surface area contributed by atoms with E-state index in [1.807, 2.05) is 0 Å². The van der Waals surface area contributed by atoms with Gasteiger partial charge < -0.3 is 5.32 Å². The number of rotatable bonds is 3. The van der Waals surface area contributed by atoms with E-state index in [1.165, 1.54) is 11.1 Å². The fourth-order valence-electron chi connectivity index (χ4n) is 1.27. The van der Waals surface area contributed by atoms with E-state index in [-0.39, 0.29) is 0 Å². The summed E-state index contributed by atoms with van der Waals surface area (Å²) in [5, 5.41) is 3.29. The van der Waals surface area contributed by atoms with E-state index in [0.717, 1.165) is 6.42 Å². The van der Waals surface area contributed by atoms with Crippen molar-refractivity contribution in [3.63, 3.8) is 0 Å². The van der Waals surface area contributed by atoms with Gasteiger partial charge in [-0.05, 0) is 44.5 Å². The van der Waals surface area contributed by atoms with E-state index >= 15 is 0 Å². The van der Waals surface area contributed by atoms with Crippen molar-refractivity contribution in [2.24, 2.45) is 0 Å². The van der Waals surface area contributed by atoms with Gasteiger partial charge in [-0.3, -0.25) is 0 Å². The largest absolute Gasteiger partial charge is 0.389 e. The van der Waals surface area contributed by atoms with E-state index < -0.39 is 0 Å². The Kier molecular flexibility index (Phi) is 4.24. The quantitative estimate of drug-likeness (QED) is 0.718. The molecular weight excluding hydrogens is 170 g/mol. The van der Waals surface area contributed by atoms with Gasteiger partial charge in [0.2, 0.25) is 0 Å². The second-order valence-corrected chi connectivity index (χ2v) is 3.92. The van der Waals surface area contributed by atoms with Gasteiger partial charge in [0, 0.05) is 6.04 Å². The Morgan fingerprint density at radius 2 is 2.21 bits per heavy atom. The first-order valence-corrected chi connectivity index (χ1v) is 5.15. The van der Waals surface area contributed by atoms with Crippen LogP contribution in [0.3, 0.4) is 0 Å². The fourth-order valence-corrected chi connectivity index (χ4v) is 1.27. The third kappa shape index (κ3) is 4.13. The maximum atomic E-state index is 3.29. The fraction of sp³-hybridized carbons (Fsp3) is 0.385. The lowest BCUT2D eigenvalue weighted by Crippen LogP contribution is -2.15. The second kappa shape index (κ2) is 5.48. The minimum absolute atomic E-state index is 0.505. The molecule has 1 rings (SSSR count). The lowest BCUT2D eigenvalue weighted by molar-refractivity contribution is 0.699. The van der Waals surface area contributed by atoms with Gasteiger partial charge in [0.1, 0.15) is 0 Å². The Morgan fingerprint density at radius 3 is 2.79 bits per heavy atom. The van der Waals surface area contributed by atoms with Crippen LogP contribution >= 0.6 is 0 Å². The summed E-state index contributed by atoms with van der Waals surface area (Å²) in [7, 11) is 0. The van der Waals surface area contributed by atoms with E-state index in [4.69, 9.17) is 0 Å². The van der Waals surface area contributed by atoms with Gasteiger partial charge in [-0.25, -0.2) is 0 Å². The molecule has 0 fully saturated rings.